The van der Waals surface area contributed by atoms with Crippen LogP contribution in [0.1, 0.15) is 46.0 Å². The van der Waals surface area contributed by atoms with Crippen LogP contribution in [0.3, 0.4) is 0 Å². The fraction of sp³-hybridized carbons (Fsp3) is 0.923. The van der Waals surface area contributed by atoms with Crippen molar-refractivity contribution in [1.82, 2.24) is 4.90 Å². The van der Waals surface area contributed by atoms with E-state index in [2.05, 4.69) is 4.90 Å². The molecule has 0 bridgehead atoms. The van der Waals surface area contributed by atoms with E-state index < -0.39 is 0 Å². The Labute approximate surface area is 104 Å². The zero-order valence-electron chi connectivity index (χ0n) is 11.0. The van der Waals surface area contributed by atoms with Gasteiger partial charge in [0.1, 0.15) is 6.04 Å². The molecule has 1 aliphatic carbocycles. The average Bonchev–Trinajstić information content (AvgIpc) is 2.82. The van der Waals surface area contributed by atoms with E-state index in [0.29, 0.717) is 19.2 Å². The smallest absolute Gasteiger partial charge is 0.323 e. The molecule has 0 aromatic carbocycles. The van der Waals surface area contributed by atoms with Crippen LogP contribution in [0.5, 0.6) is 0 Å². The number of esters is 1. The Bertz CT molecular complexity index is 227. The second-order valence-electron chi connectivity index (χ2n) is 4.58. The summed E-state index contributed by atoms with van der Waals surface area (Å²) in [5, 5.41) is 9.16. The van der Waals surface area contributed by atoms with Gasteiger partial charge in [-0.3, -0.25) is 9.69 Å². The Kier molecular flexibility index (Phi) is 6.52. The van der Waals surface area contributed by atoms with Crippen molar-refractivity contribution in [3.63, 3.8) is 0 Å². The normalized spacial score (nSPS) is 18.6. The largest absolute Gasteiger partial charge is 0.465 e. The highest BCUT2D eigenvalue weighted by Gasteiger charge is 2.32. The number of hydrogen-bond donors (Lipinski definition) is 1. The molecule has 4 heteroatoms. The average molecular weight is 243 g/mol. The lowest BCUT2D eigenvalue weighted by atomic mass is 10.1. The molecule has 17 heavy (non-hydrogen) atoms. The minimum atomic E-state index is -0.190. The molecule has 1 unspecified atom stereocenters. The third-order valence-electron chi connectivity index (χ3n) is 3.50. The van der Waals surface area contributed by atoms with Crippen LogP contribution >= 0.6 is 0 Å². The Morgan fingerprint density at radius 1 is 1.41 bits per heavy atom. The molecule has 100 valence electrons. The van der Waals surface area contributed by atoms with Crippen molar-refractivity contribution in [2.24, 2.45) is 0 Å². The van der Waals surface area contributed by atoms with Gasteiger partial charge in [-0.25, -0.2) is 0 Å². The molecule has 1 aliphatic rings. The number of carbonyl (C=O) groups excluding carboxylic acids is 1. The van der Waals surface area contributed by atoms with Crippen molar-refractivity contribution in [3.05, 3.63) is 0 Å². The first-order chi connectivity index (χ1) is 8.24. The van der Waals surface area contributed by atoms with Gasteiger partial charge in [0, 0.05) is 12.6 Å². The first-order valence-corrected chi connectivity index (χ1v) is 6.77. The highest BCUT2D eigenvalue weighted by Crippen LogP contribution is 2.26. The van der Waals surface area contributed by atoms with Crippen LogP contribution in [-0.4, -0.2) is 47.8 Å². The summed E-state index contributed by atoms with van der Waals surface area (Å²) < 4.78 is 5.12. The molecule has 0 aromatic rings. The second-order valence-corrected chi connectivity index (χ2v) is 4.58. The van der Waals surface area contributed by atoms with Gasteiger partial charge in [-0.15, -0.1) is 0 Å². The van der Waals surface area contributed by atoms with E-state index in [-0.39, 0.29) is 18.6 Å². The van der Waals surface area contributed by atoms with Crippen molar-refractivity contribution < 1.29 is 14.6 Å². The molecule has 0 radical (unpaired) electrons. The minimum Gasteiger partial charge on any atom is -0.465 e. The highest BCUT2D eigenvalue weighted by atomic mass is 16.5. The molecule has 4 nitrogen and oxygen atoms in total. The summed E-state index contributed by atoms with van der Waals surface area (Å²) in [6, 6.07) is 0.252. The number of nitrogens with zero attached hydrogens (tertiary/aromatic N) is 1. The lowest BCUT2D eigenvalue weighted by molar-refractivity contribution is -0.151. The predicted octanol–water partition coefficient (Wildman–Crippen LogP) is 1.56. The van der Waals surface area contributed by atoms with Gasteiger partial charge < -0.3 is 9.84 Å². The third kappa shape index (κ3) is 3.96. The van der Waals surface area contributed by atoms with E-state index in [4.69, 9.17) is 9.84 Å². The fourth-order valence-corrected chi connectivity index (χ4v) is 2.72. The second kappa shape index (κ2) is 7.67. The van der Waals surface area contributed by atoms with Crippen LogP contribution < -0.4 is 0 Å². The molecule has 1 saturated carbocycles. The fourth-order valence-electron chi connectivity index (χ4n) is 2.72. The van der Waals surface area contributed by atoms with Crippen LogP contribution in [0, 0.1) is 0 Å². The first-order valence-electron chi connectivity index (χ1n) is 6.77. The maximum atomic E-state index is 11.9. The topological polar surface area (TPSA) is 49.8 Å². The number of ether oxygens (including phenoxy) is 1. The molecule has 0 spiro atoms. The summed E-state index contributed by atoms with van der Waals surface area (Å²) in [6.07, 6.45) is 5.47. The Morgan fingerprint density at radius 2 is 2.06 bits per heavy atom. The molecule has 1 rings (SSSR count). The van der Waals surface area contributed by atoms with Crippen LogP contribution in [0.25, 0.3) is 0 Å². The maximum absolute atomic E-state index is 11.9. The number of aliphatic hydroxyl groups is 1. The monoisotopic (exact) mass is 243 g/mol. The number of hydrogen-bond acceptors (Lipinski definition) is 4. The van der Waals surface area contributed by atoms with Crippen LogP contribution in [0.15, 0.2) is 0 Å². The summed E-state index contributed by atoms with van der Waals surface area (Å²) in [7, 11) is 0. The Morgan fingerprint density at radius 3 is 2.53 bits per heavy atom. The van der Waals surface area contributed by atoms with E-state index in [9.17, 15) is 4.79 Å². The SMILES string of the molecule is CCOC(=O)C(CC)N(CCO)C1CCCC1. The summed E-state index contributed by atoms with van der Waals surface area (Å²) in [4.78, 5) is 14.0. The summed E-state index contributed by atoms with van der Waals surface area (Å²) >= 11 is 0. The van der Waals surface area contributed by atoms with E-state index in [1.807, 2.05) is 13.8 Å². The zero-order chi connectivity index (χ0) is 12.7. The lowest BCUT2D eigenvalue weighted by Crippen LogP contribution is -2.48. The summed E-state index contributed by atoms with van der Waals surface area (Å²) in [6.45, 7) is 4.93. The van der Waals surface area contributed by atoms with Crippen molar-refractivity contribution in [2.75, 3.05) is 19.8 Å². The minimum absolute atomic E-state index is 0.104. The van der Waals surface area contributed by atoms with Crippen molar-refractivity contribution in [3.8, 4) is 0 Å². The Hall–Kier alpha value is -0.610. The molecule has 0 heterocycles. The van der Waals surface area contributed by atoms with Gasteiger partial charge in [0.25, 0.3) is 0 Å². The van der Waals surface area contributed by atoms with E-state index in [0.717, 1.165) is 19.3 Å². The highest BCUT2D eigenvalue weighted by molar-refractivity contribution is 5.75. The van der Waals surface area contributed by atoms with E-state index in [1.165, 1.54) is 12.8 Å². The molecule has 1 fully saturated rings. The van der Waals surface area contributed by atoms with Gasteiger partial charge >= 0.3 is 5.97 Å². The van der Waals surface area contributed by atoms with Gasteiger partial charge in [0.2, 0.25) is 0 Å². The van der Waals surface area contributed by atoms with Gasteiger partial charge in [0.15, 0.2) is 0 Å². The number of rotatable bonds is 7. The predicted molar refractivity (Wildman–Crippen MR) is 66.8 cm³/mol. The number of carbonyl (C=O) groups is 1. The third-order valence-corrected chi connectivity index (χ3v) is 3.50. The van der Waals surface area contributed by atoms with E-state index in [1.54, 1.807) is 0 Å². The van der Waals surface area contributed by atoms with E-state index >= 15 is 0 Å². The molecule has 0 saturated heterocycles. The quantitative estimate of drug-likeness (QED) is 0.689. The molecule has 1 atom stereocenters. The summed E-state index contributed by atoms with van der Waals surface area (Å²) in [5.74, 6) is -0.143. The van der Waals surface area contributed by atoms with Crippen molar-refractivity contribution >= 4 is 5.97 Å². The summed E-state index contributed by atoms with van der Waals surface area (Å²) in [5.41, 5.74) is 0. The molecule has 0 aliphatic heterocycles. The van der Waals surface area contributed by atoms with Crippen molar-refractivity contribution in [1.29, 1.82) is 0 Å². The first kappa shape index (κ1) is 14.5. The molecular weight excluding hydrogens is 218 g/mol. The van der Waals surface area contributed by atoms with Gasteiger partial charge in [0.05, 0.1) is 13.2 Å². The zero-order valence-corrected chi connectivity index (χ0v) is 11.0. The standard InChI is InChI=1S/C13H25NO3/c1-3-12(13(16)17-4-2)14(9-10-15)11-7-5-6-8-11/h11-12,15H,3-10H2,1-2H3. The van der Waals surface area contributed by atoms with Crippen LogP contribution in [-0.2, 0) is 9.53 Å². The molecule has 0 aromatic heterocycles. The van der Waals surface area contributed by atoms with Crippen LogP contribution in [0.2, 0.25) is 0 Å². The molecular formula is C13H25NO3. The van der Waals surface area contributed by atoms with Gasteiger partial charge in [-0.2, -0.15) is 0 Å². The number of aliphatic hydroxyl groups excluding tert-OH is 1. The van der Waals surface area contributed by atoms with Crippen molar-refractivity contribution in [2.45, 2.75) is 58.0 Å². The Balaban J connectivity index is 2.67. The molecule has 1 N–H and O–H groups in total. The maximum Gasteiger partial charge on any atom is 0.323 e. The van der Waals surface area contributed by atoms with Crippen LogP contribution in [0.4, 0.5) is 0 Å². The van der Waals surface area contributed by atoms with Gasteiger partial charge in [-0.05, 0) is 26.2 Å². The lowest BCUT2D eigenvalue weighted by Gasteiger charge is -2.34. The molecule has 0 amide bonds. The van der Waals surface area contributed by atoms with Gasteiger partial charge in [-0.1, -0.05) is 19.8 Å².